The molecule has 46 heavy (non-hydrogen) atoms. The Balaban J connectivity index is 0.998. The lowest BCUT2D eigenvalue weighted by Gasteiger charge is -2.45. The molecular weight excluding hydrogens is 608 g/mol. The highest BCUT2D eigenvalue weighted by Gasteiger charge is 2.70. The predicted molar refractivity (Wildman–Crippen MR) is 160 cm³/mol. The predicted octanol–water partition coefficient (Wildman–Crippen LogP) is 4.39. The molecular formula is C36H31O9S-. The second kappa shape index (κ2) is 9.99. The average Bonchev–Trinajstić information content (AvgIpc) is 3.68. The number of fused-ring (bicyclic) bond motifs is 3. The van der Waals surface area contributed by atoms with E-state index in [1.54, 1.807) is 0 Å². The maximum atomic E-state index is 14.1. The highest BCUT2D eigenvalue weighted by Crippen LogP contribution is 2.60. The van der Waals surface area contributed by atoms with Crippen LogP contribution in [0.2, 0.25) is 0 Å². The van der Waals surface area contributed by atoms with Crippen molar-refractivity contribution in [3.05, 3.63) is 94.0 Å². The van der Waals surface area contributed by atoms with Crippen molar-refractivity contribution in [1.82, 2.24) is 0 Å². The molecule has 9 nitrogen and oxygen atoms in total. The number of carbonyl (C=O) groups is 3. The number of carbonyl (C=O) groups excluding carboxylic acids is 3. The van der Waals surface area contributed by atoms with Crippen molar-refractivity contribution in [1.29, 1.82) is 0 Å². The molecule has 1 saturated heterocycles. The van der Waals surface area contributed by atoms with Gasteiger partial charge in [0, 0.05) is 23.7 Å². The number of benzene rings is 3. The standard InChI is InChI=1S/C36H32O9S/c37-34(26-15-23-17-7-1-5-11-21(17)29(26)22-12-6-2-8-18(22)23)44-32-24-16-25-31(36(39)45-33(25)32)30(24)35(38)43-27-13-14-28(46(40,41)42)20-10-4-3-9-19(20)27/h1-2,5-8,11-14,23-26,29-33H,3-4,9-10,15-16H2,(H,40,41,42)/p-1. The monoisotopic (exact) mass is 639 g/mol. The van der Waals surface area contributed by atoms with Gasteiger partial charge in [0.05, 0.1) is 22.6 Å². The van der Waals surface area contributed by atoms with E-state index < -0.39 is 57.9 Å². The molecule has 6 aliphatic carbocycles. The van der Waals surface area contributed by atoms with Crippen molar-refractivity contribution in [2.75, 3.05) is 0 Å². The highest BCUT2D eigenvalue weighted by atomic mass is 32.2. The molecule has 7 aliphatic rings. The maximum Gasteiger partial charge on any atom is 0.315 e. The fraction of sp³-hybridized carbons (Fsp3) is 0.417. The minimum atomic E-state index is -4.69. The molecule has 4 bridgehead atoms. The minimum Gasteiger partial charge on any atom is -0.744 e. The Kier molecular flexibility index (Phi) is 6.13. The third kappa shape index (κ3) is 3.95. The van der Waals surface area contributed by atoms with Crippen LogP contribution in [0, 0.1) is 29.6 Å². The van der Waals surface area contributed by atoms with Crippen molar-refractivity contribution in [2.45, 2.75) is 67.5 Å². The SMILES string of the molecule is O=C(OC1C2CC3C1OC(=O)C3C2C(=O)Oc1ccc(S(=O)(=O)[O-])c2c1CCCC2)C1CC2c3ccccc3C1c1ccccc12. The van der Waals surface area contributed by atoms with Crippen LogP contribution in [0.25, 0.3) is 0 Å². The van der Waals surface area contributed by atoms with E-state index in [0.29, 0.717) is 36.8 Å². The van der Waals surface area contributed by atoms with Gasteiger partial charge < -0.3 is 18.8 Å². The number of hydrogen-bond donors (Lipinski definition) is 0. The fourth-order valence-corrected chi connectivity index (χ4v) is 10.6. The van der Waals surface area contributed by atoms with Gasteiger partial charge in [-0.2, -0.15) is 0 Å². The van der Waals surface area contributed by atoms with Gasteiger partial charge >= 0.3 is 17.9 Å². The molecule has 3 aromatic rings. The Hall–Kier alpha value is -4.02. The summed E-state index contributed by atoms with van der Waals surface area (Å²) in [6, 6.07) is 19.1. The summed E-state index contributed by atoms with van der Waals surface area (Å²) in [5, 5.41) is 0. The van der Waals surface area contributed by atoms with Gasteiger partial charge in [0.25, 0.3) is 0 Å². The van der Waals surface area contributed by atoms with Gasteiger partial charge in [0.15, 0.2) is 0 Å². The lowest BCUT2D eigenvalue weighted by atomic mass is 9.59. The Morgan fingerprint density at radius 2 is 1.46 bits per heavy atom. The molecule has 0 N–H and O–H groups in total. The van der Waals surface area contributed by atoms with E-state index in [-0.39, 0.29) is 34.4 Å². The number of rotatable bonds is 5. The number of esters is 3. The smallest absolute Gasteiger partial charge is 0.315 e. The van der Waals surface area contributed by atoms with Crippen molar-refractivity contribution >= 4 is 28.0 Å². The molecule has 0 amide bonds. The molecule has 0 spiro atoms. The Bertz CT molecular complexity index is 1900. The van der Waals surface area contributed by atoms with E-state index in [2.05, 4.69) is 24.3 Å². The second-order valence-corrected chi connectivity index (χ2v) is 15.0. The molecule has 10 heteroatoms. The summed E-state index contributed by atoms with van der Waals surface area (Å²) < 4.78 is 53.7. The molecule has 0 radical (unpaired) electrons. The lowest BCUT2D eigenvalue weighted by molar-refractivity contribution is -0.169. The Morgan fingerprint density at radius 1 is 0.804 bits per heavy atom. The van der Waals surface area contributed by atoms with Crippen LogP contribution in [0.4, 0.5) is 0 Å². The van der Waals surface area contributed by atoms with Gasteiger partial charge in [0.2, 0.25) is 0 Å². The van der Waals surface area contributed by atoms with Crippen LogP contribution in [-0.2, 0) is 46.8 Å². The van der Waals surface area contributed by atoms with E-state index in [1.165, 1.54) is 23.3 Å². The van der Waals surface area contributed by atoms with Gasteiger partial charge in [-0.25, -0.2) is 8.42 Å². The normalized spacial score (nSPS) is 32.7. The first kappa shape index (κ1) is 28.2. The quantitative estimate of drug-likeness (QED) is 0.226. The largest absolute Gasteiger partial charge is 0.744 e. The van der Waals surface area contributed by atoms with Gasteiger partial charge in [-0.15, -0.1) is 0 Å². The van der Waals surface area contributed by atoms with E-state index in [4.69, 9.17) is 14.2 Å². The average molecular weight is 640 g/mol. The van der Waals surface area contributed by atoms with Crippen LogP contribution >= 0.6 is 0 Å². The van der Waals surface area contributed by atoms with Crippen molar-refractivity contribution in [2.24, 2.45) is 29.6 Å². The summed E-state index contributed by atoms with van der Waals surface area (Å²) in [5.41, 5.74) is 5.71. The number of hydrogen-bond acceptors (Lipinski definition) is 9. The first-order chi connectivity index (χ1) is 22.2. The van der Waals surface area contributed by atoms with E-state index in [9.17, 15) is 27.4 Å². The molecule has 1 heterocycles. The summed E-state index contributed by atoms with van der Waals surface area (Å²) in [6.07, 6.45) is 2.14. The zero-order valence-electron chi connectivity index (χ0n) is 24.8. The third-order valence-corrected chi connectivity index (χ3v) is 12.5. The van der Waals surface area contributed by atoms with E-state index in [0.717, 1.165) is 24.0 Å². The summed E-state index contributed by atoms with van der Waals surface area (Å²) in [7, 11) is -4.69. The fourth-order valence-electron chi connectivity index (χ4n) is 9.87. The van der Waals surface area contributed by atoms with Crippen LogP contribution in [0.5, 0.6) is 5.75 Å². The summed E-state index contributed by atoms with van der Waals surface area (Å²) in [5.74, 6) is -3.94. The van der Waals surface area contributed by atoms with Gasteiger partial charge in [-0.05, 0) is 84.0 Å². The topological polar surface area (TPSA) is 136 Å². The molecule has 3 aromatic carbocycles. The molecule has 236 valence electrons. The van der Waals surface area contributed by atoms with Crippen LogP contribution in [0.15, 0.2) is 65.6 Å². The van der Waals surface area contributed by atoms with Crippen LogP contribution in [0.3, 0.4) is 0 Å². The molecule has 2 saturated carbocycles. The Morgan fingerprint density at radius 3 is 2.13 bits per heavy atom. The van der Waals surface area contributed by atoms with Crippen molar-refractivity contribution < 1.29 is 41.6 Å². The molecule has 0 aromatic heterocycles. The van der Waals surface area contributed by atoms with Gasteiger partial charge in [0.1, 0.15) is 28.1 Å². The van der Waals surface area contributed by atoms with Crippen LogP contribution in [0.1, 0.15) is 70.9 Å². The molecule has 1 aliphatic heterocycles. The maximum absolute atomic E-state index is 14.1. The number of ether oxygens (including phenoxy) is 3. The third-order valence-electron chi connectivity index (χ3n) is 11.6. The molecule has 3 fully saturated rings. The summed E-state index contributed by atoms with van der Waals surface area (Å²) in [6.45, 7) is 0. The zero-order chi connectivity index (χ0) is 31.5. The molecule has 7 unspecified atom stereocenters. The van der Waals surface area contributed by atoms with Crippen LogP contribution < -0.4 is 4.74 Å². The molecule has 7 atom stereocenters. The van der Waals surface area contributed by atoms with Crippen molar-refractivity contribution in [3.8, 4) is 5.75 Å². The second-order valence-electron chi connectivity index (χ2n) is 13.6. The van der Waals surface area contributed by atoms with Crippen LogP contribution in [-0.4, -0.2) is 43.1 Å². The summed E-state index contributed by atoms with van der Waals surface area (Å²) in [4.78, 5) is 40.8. The Labute approximate surface area is 266 Å². The zero-order valence-corrected chi connectivity index (χ0v) is 25.6. The van der Waals surface area contributed by atoms with Crippen molar-refractivity contribution in [3.63, 3.8) is 0 Å². The van der Waals surface area contributed by atoms with E-state index >= 15 is 0 Å². The minimum absolute atomic E-state index is 0.0836. The first-order valence-electron chi connectivity index (χ1n) is 16.1. The first-order valence-corrected chi connectivity index (χ1v) is 17.5. The van der Waals surface area contributed by atoms with Gasteiger partial charge in [-0.3, -0.25) is 14.4 Å². The lowest BCUT2D eigenvalue weighted by Crippen LogP contribution is -2.46. The van der Waals surface area contributed by atoms with Gasteiger partial charge in [-0.1, -0.05) is 48.5 Å². The molecule has 10 rings (SSSR count). The van der Waals surface area contributed by atoms with E-state index in [1.807, 2.05) is 24.3 Å². The highest BCUT2D eigenvalue weighted by molar-refractivity contribution is 7.85. The summed E-state index contributed by atoms with van der Waals surface area (Å²) >= 11 is 0.